The van der Waals surface area contributed by atoms with Gasteiger partial charge < -0.3 is 5.11 Å². The molecule has 0 amide bonds. The molecule has 0 bridgehead atoms. The molecule has 0 saturated heterocycles. The average Bonchev–Trinajstić information content (AvgIpc) is 2.85. The summed E-state index contributed by atoms with van der Waals surface area (Å²) in [5.41, 5.74) is 1.21. The van der Waals surface area contributed by atoms with E-state index >= 15 is 0 Å². The van der Waals surface area contributed by atoms with Crippen molar-refractivity contribution in [2.45, 2.75) is 6.10 Å². The van der Waals surface area contributed by atoms with Gasteiger partial charge in [-0.3, -0.25) is 9.59 Å². The molecule has 32 heavy (non-hydrogen) atoms. The van der Waals surface area contributed by atoms with E-state index in [-0.39, 0.29) is 11.2 Å². The van der Waals surface area contributed by atoms with Crippen LogP contribution in [0.1, 0.15) is 22.0 Å². The standard InChI is InChI=1S/C14H12O2.C13H7ClOS/c15-13(11-7-3-1-4-8-11)14(16)12-9-5-2-6-10-12;14-8-5-6-12-10(7-8)13(15)9-3-1-2-4-11(9)16-12/h1-10,13,15H;1-7H. The molecular weight excluding hydrogens is 440 g/mol. The highest BCUT2D eigenvalue weighted by Crippen LogP contribution is 2.26. The molecule has 1 aromatic heterocycles. The number of carbonyl (C=O) groups excluding carboxylic acids is 1. The van der Waals surface area contributed by atoms with Gasteiger partial charge in [0.2, 0.25) is 0 Å². The zero-order valence-electron chi connectivity index (χ0n) is 16.9. The van der Waals surface area contributed by atoms with E-state index in [2.05, 4.69) is 0 Å². The third-order valence-corrected chi connectivity index (χ3v) is 6.35. The Morgan fingerprint density at radius 1 is 0.750 bits per heavy atom. The molecule has 158 valence electrons. The summed E-state index contributed by atoms with van der Waals surface area (Å²) in [5, 5.41) is 12.0. The third-order valence-electron chi connectivity index (χ3n) is 4.96. The van der Waals surface area contributed by atoms with Gasteiger partial charge in [-0.2, -0.15) is 0 Å². The molecular formula is C27H19ClO3S. The maximum Gasteiger partial charge on any atom is 0.195 e. The van der Waals surface area contributed by atoms with Gasteiger partial charge in [0.25, 0.3) is 0 Å². The van der Waals surface area contributed by atoms with Gasteiger partial charge in [0.1, 0.15) is 6.10 Å². The van der Waals surface area contributed by atoms with Gasteiger partial charge in [0, 0.05) is 30.8 Å². The Hall–Kier alpha value is -3.31. The molecule has 5 rings (SSSR count). The van der Waals surface area contributed by atoms with Crippen molar-refractivity contribution in [2.75, 3.05) is 0 Å². The van der Waals surface area contributed by atoms with Gasteiger partial charge in [0.15, 0.2) is 11.2 Å². The van der Waals surface area contributed by atoms with Crippen LogP contribution in [-0.2, 0) is 0 Å². The number of halogens is 1. The van der Waals surface area contributed by atoms with Gasteiger partial charge in [-0.1, -0.05) is 84.4 Å². The molecule has 4 aromatic carbocycles. The average molecular weight is 459 g/mol. The first-order chi connectivity index (χ1) is 15.5. The maximum absolute atomic E-state index is 12.2. The number of fused-ring (bicyclic) bond motifs is 2. The Labute approximate surface area is 194 Å². The quantitative estimate of drug-likeness (QED) is 0.242. The van der Waals surface area contributed by atoms with E-state index in [4.69, 9.17) is 11.6 Å². The topological polar surface area (TPSA) is 54.4 Å². The summed E-state index contributed by atoms with van der Waals surface area (Å²) in [4.78, 5) is 24.1. The van der Waals surface area contributed by atoms with E-state index in [1.54, 1.807) is 65.9 Å². The Morgan fingerprint density at radius 3 is 2.06 bits per heavy atom. The maximum atomic E-state index is 12.2. The minimum absolute atomic E-state index is 0.0619. The van der Waals surface area contributed by atoms with E-state index in [1.165, 1.54) is 0 Å². The van der Waals surface area contributed by atoms with E-state index < -0.39 is 6.10 Å². The largest absolute Gasteiger partial charge is 0.380 e. The smallest absolute Gasteiger partial charge is 0.195 e. The third kappa shape index (κ3) is 4.78. The predicted molar refractivity (Wildman–Crippen MR) is 133 cm³/mol. The molecule has 5 aromatic rings. The van der Waals surface area contributed by atoms with E-state index in [0.717, 1.165) is 14.8 Å². The van der Waals surface area contributed by atoms with Crippen molar-refractivity contribution in [1.82, 2.24) is 0 Å². The van der Waals surface area contributed by atoms with Crippen LogP contribution in [0.3, 0.4) is 0 Å². The number of rotatable bonds is 3. The zero-order chi connectivity index (χ0) is 22.5. The molecule has 0 saturated carbocycles. The Kier molecular flexibility index (Phi) is 6.76. The van der Waals surface area contributed by atoms with Gasteiger partial charge in [0.05, 0.1) is 0 Å². The summed E-state index contributed by atoms with van der Waals surface area (Å²) < 4.78 is 2.00. The number of Topliss-reactive ketones (excluding diaryl/α,β-unsaturated/α-hetero) is 1. The number of aliphatic hydroxyl groups is 1. The normalized spacial score (nSPS) is 11.6. The highest BCUT2D eigenvalue weighted by molar-refractivity contribution is 7.24. The second kappa shape index (κ2) is 9.88. The Bertz CT molecular complexity index is 1430. The molecule has 1 atom stereocenters. The number of ketones is 1. The molecule has 1 heterocycles. The zero-order valence-corrected chi connectivity index (χ0v) is 18.5. The van der Waals surface area contributed by atoms with Crippen LogP contribution < -0.4 is 5.43 Å². The van der Waals surface area contributed by atoms with Crippen LogP contribution in [0, 0.1) is 0 Å². The van der Waals surface area contributed by atoms with Crippen LogP contribution in [0.4, 0.5) is 0 Å². The molecule has 1 N–H and O–H groups in total. The second-order valence-electron chi connectivity index (χ2n) is 7.11. The summed E-state index contributed by atoms with van der Waals surface area (Å²) in [7, 11) is 0. The summed E-state index contributed by atoms with van der Waals surface area (Å²) in [6.45, 7) is 0. The molecule has 5 heteroatoms. The van der Waals surface area contributed by atoms with Crippen LogP contribution in [0.2, 0.25) is 5.02 Å². The molecule has 0 aliphatic rings. The summed E-state index contributed by atoms with van der Waals surface area (Å²) in [6.07, 6.45) is -1.08. The van der Waals surface area contributed by atoms with Gasteiger partial charge in [-0.15, -0.1) is 11.3 Å². The molecule has 0 radical (unpaired) electrons. The van der Waals surface area contributed by atoms with Crippen molar-refractivity contribution in [3.63, 3.8) is 0 Å². The lowest BCUT2D eigenvalue weighted by molar-refractivity contribution is 0.0747. The van der Waals surface area contributed by atoms with Crippen LogP contribution in [0.15, 0.2) is 108 Å². The van der Waals surface area contributed by atoms with Gasteiger partial charge in [-0.25, -0.2) is 0 Å². The lowest BCUT2D eigenvalue weighted by atomic mass is 10.0. The van der Waals surface area contributed by atoms with Crippen molar-refractivity contribution in [3.05, 3.63) is 130 Å². The first-order valence-corrected chi connectivity index (χ1v) is 11.2. The minimum atomic E-state index is -1.08. The van der Waals surface area contributed by atoms with Crippen LogP contribution in [0.25, 0.3) is 20.2 Å². The number of aliphatic hydroxyl groups excluding tert-OH is 1. The first-order valence-electron chi connectivity index (χ1n) is 9.98. The van der Waals surface area contributed by atoms with E-state index in [1.807, 2.05) is 48.5 Å². The van der Waals surface area contributed by atoms with Crippen molar-refractivity contribution in [3.8, 4) is 0 Å². The minimum Gasteiger partial charge on any atom is -0.380 e. The number of benzene rings is 4. The monoisotopic (exact) mass is 458 g/mol. The van der Waals surface area contributed by atoms with Crippen molar-refractivity contribution >= 4 is 48.9 Å². The Balaban J connectivity index is 0.000000153. The first kappa shape index (κ1) is 21.9. The van der Waals surface area contributed by atoms with Crippen LogP contribution in [-0.4, -0.2) is 10.9 Å². The van der Waals surface area contributed by atoms with E-state index in [9.17, 15) is 14.7 Å². The number of carbonyl (C=O) groups is 1. The molecule has 0 aliphatic heterocycles. The van der Waals surface area contributed by atoms with Gasteiger partial charge >= 0.3 is 0 Å². The highest BCUT2D eigenvalue weighted by atomic mass is 35.5. The van der Waals surface area contributed by atoms with Crippen molar-refractivity contribution in [1.29, 1.82) is 0 Å². The SMILES string of the molecule is O=C(c1ccccc1)C(O)c1ccccc1.O=c1c2ccccc2sc2ccc(Cl)cc12. The number of hydrogen-bond acceptors (Lipinski definition) is 4. The fourth-order valence-electron chi connectivity index (χ4n) is 3.32. The van der Waals surface area contributed by atoms with Crippen LogP contribution >= 0.6 is 22.9 Å². The summed E-state index contributed by atoms with van der Waals surface area (Å²) in [5.74, 6) is -0.271. The van der Waals surface area contributed by atoms with Gasteiger partial charge in [-0.05, 0) is 35.9 Å². The highest BCUT2D eigenvalue weighted by Gasteiger charge is 2.18. The lowest BCUT2D eigenvalue weighted by Crippen LogP contribution is -2.11. The summed E-state index contributed by atoms with van der Waals surface area (Å²) in [6, 6.07) is 30.8. The summed E-state index contributed by atoms with van der Waals surface area (Å²) >= 11 is 7.52. The van der Waals surface area contributed by atoms with Crippen molar-refractivity contribution in [2.24, 2.45) is 0 Å². The lowest BCUT2D eigenvalue weighted by Gasteiger charge is -2.09. The fourth-order valence-corrected chi connectivity index (χ4v) is 4.55. The second-order valence-corrected chi connectivity index (χ2v) is 8.63. The molecule has 1 unspecified atom stereocenters. The van der Waals surface area contributed by atoms with E-state index in [0.29, 0.717) is 21.5 Å². The van der Waals surface area contributed by atoms with Crippen molar-refractivity contribution < 1.29 is 9.90 Å². The fraction of sp³-hybridized carbons (Fsp3) is 0.0370. The van der Waals surface area contributed by atoms with Crippen LogP contribution in [0.5, 0.6) is 0 Å². The number of hydrogen-bond donors (Lipinski definition) is 1. The Morgan fingerprint density at radius 2 is 1.34 bits per heavy atom. The predicted octanol–water partition coefficient (Wildman–Crippen LogP) is 6.67. The molecule has 3 nitrogen and oxygen atoms in total. The molecule has 0 aliphatic carbocycles. The molecule has 0 fully saturated rings. The molecule has 0 spiro atoms.